The summed E-state index contributed by atoms with van der Waals surface area (Å²) >= 11 is 3.32. The van der Waals surface area contributed by atoms with E-state index in [0.29, 0.717) is 44.7 Å². The largest absolute Gasteiger partial charge is 0.496 e. The van der Waals surface area contributed by atoms with Crippen LogP contribution in [0, 0.1) is 12.8 Å². The van der Waals surface area contributed by atoms with Gasteiger partial charge >= 0.3 is 0 Å². The highest BCUT2D eigenvalue weighted by Crippen LogP contribution is 2.27. The number of methoxy groups -OCH3 is 2. The molecule has 2 amide bonds. The first-order chi connectivity index (χ1) is 31.7. The molecule has 0 aliphatic carbocycles. The molecule has 5 aromatic carbocycles. The SMILES string of the molecule is COc1ccccc1CNC(=O)CCc1nnc(SCc2ccccc2)n1-c1ccc(C)cc1.COc1ccccc1CNC(=O)CCc1nnc(SCc2ccccc2)n1CC(C)C. The Morgan fingerprint density at radius 1 is 0.585 bits per heavy atom. The van der Waals surface area contributed by atoms with E-state index in [0.717, 1.165) is 68.3 Å². The molecule has 65 heavy (non-hydrogen) atoms. The number of amides is 2. The van der Waals surface area contributed by atoms with Crippen molar-refractivity contribution in [2.45, 2.75) is 87.9 Å². The van der Waals surface area contributed by atoms with Crippen molar-refractivity contribution < 1.29 is 19.1 Å². The molecule has 338 valence electrons. The minimum absolute atomic E-state index is 0.0107. The van der Waals surface area contributed by atoms with Crippen LogP contribution in [0.5, 0.6) is 11.5 Å². The third-order valence-corrected chi connectivity index (χ3v) is 12.3. The minimum atomic E-state index is -0.0390. The van der Waals surface area contributed by atoms with Crippen LogP contribution in [0.3, 0.4) is 0 Å². The van der Waals surface area contributed by atoms with Gasteiger partial charge in [-0.05, 0) is 48.2 Å². The summed E-state index contributed by atoms with van der Waals surface area (Å²) in [6, 6.07) is 44.3. The first-order valence-electron chi connectivity index (χ1n) is 21.7. The number of aryl methyl sites for hydroxylation is 3. The summed E-state index contributed by atoms with van der Waals surface area (Å²) in [7, 11) is 3.27. The van der Waals surface area contributed by atoms with Crippen molar-refractivity contribution in [2.24, 2.45) is 5.92 Å². The molecule has 0 aliphatic rings. The van der Waals surface area contributed by atoms with Gasteiger partial charge in [0.15, 0.2) is 10.3 Å². The molecule has 0 bridgehead atoms. The number of hydrogen-bond donors (Lipinski definition) is 2. The summed E-state index contributed by atoms with van der Waals surface area (Å²) in [5, 5.41) is 25.4. The fourth-order valence-electron chi connectivity index (χ4n) is 6.83. The fourth-order valence-corrected chi connectivity index (χ4v) is 8.67. The number of nitrogens with zero attached hydrogens (tertiary/aromatic N) is 6. The van der Waals surface area contributed by atoms with Gasteiger partial charge in [-0.25, -0.2) is 0 Å². The first-order valence-corrected chi connectivity index (χ1v) is 23.7. The molecule has 0 saturated heterocycles. The molecule has 7 aromatic rings. The molecule has 0 spiro atoms. The maximum atomic E-state index is 12.6. The third kappa shape index (κ3) is 14.8. The lowest BCUT2D eigenvalue weighted by Crippen LogP contribution is -2.24. The second-order valence-corrected chi connectivity index (χ2v) is 17.6. The van der Waals surface area contributed by atoms with Gasteiger partial charge in [0.25, 0.3) is 0 Å². The van der Waals surface area contributed by atoms with E-state index in [2.05, 4.69) is 109 Å². The number of benzene rings is 5. The number of carbonyl (C=O) groups excluding carboxylic acids is 2. The topological polar surface area (TPSA) is 138 Å². The lowest BCUT2D eigenvalue weighted by atomic mass is 10.2. The molecular formula is C51H58N8O4S2. The Morgan fingerprint density at radius 2 is 1.05 bits per heavy atom. The summed E-state index contributed by atoms with van der Waals surface area (Å²) in [5.41, 5.74) is 6.57. The van der Waals surface area contributed by atoms with Crippen molar-refractivity contribution in [2.75, 3.05) is 14.2 Å². The number of ether oxygens (including phenoxy) is 2. The lowest BCUT2D eigenvalue weighted by molar-refractivity contribution is -0.122. The van der Waals surface area contributed by atoms with E-state index in [-0.39, 0.29) is 11.8 Å². The Hall–Kier alpha value is -6.38. The molecule has 2 aromatic heterocycles. The van der Waals surface area contributed by atoms with Gasteiger partial charge < -0.3 is 24.7 Å². The highest BCUT2D eigenvalue weighted by molar-refractivity contribution is 7.98. The summed E-state index contributed by atoms with van der Waals surface area (Å²) in [6.07, 6.45) is 1.74. The summed E-state index contributed by atoms with van der Waals surface area (Å²) in [6.45, 7) is 8.12. The van der Waals surface area contributed by atoms with Gasteiger partial charge in [0.2, 0.25) is 11.8 Å². The minimum Gasteiger partial charge on any atom is -0.496 e. The molecule has 0 saturated carbocycles. The molecule has 0 unspecified atom stereocenters. The number of thioether (sulfide) groups is 2. The van der Waals surface area contributed by atoms with E-state index in [4.69, 9.17) is 9.47 Å². The predicted octanol–water partition coefficient (Wildman–Crippen LogP) is 9.61. The maximum absolute atomic E-state index is 12.6. The fraction of sp³-hybridized carbons (Fsp3) is 0.294. The molecule has 2 heterocycles. The van der Waals surface area contributed by atoms with Gasteiger partial charge in [-0.2, -0.15) is 0 Å². The van der Waals surface area contributed by atoms with E-state index in [1.165, 1.54) is 16.7 Å². The second kappa shape index (κ2) is 25.2. The predicted molar refractivity (Wildman–Crippen MR) is 259 cm³/mol. The highest BCUT2D eigenvalue weighted by Gasteiger charge is 2.18. The second-order valence-electron chi connectivity index (χ2n) is 15.7. The molecule has 0 fully saturated rings. The molecule has 14 heteroatoms. The number of carbonyl (C=O) groups is 2. The maximum Gasteiger partial charge on any atom is 0.220 e. The van der Waals surface area contributed by atoms with Gasteiger partial charge in [-0.1, -0.05) is 152 Å². The van der Waals surface area contributed by atoms with Crippen LogP contribution in [0.2, 0.25) is 0 Å². The number of rotatable bonds is 21. The van der Waals surface area contributed by atoms with E-state index >= 15 is 0 Å². The van der Waals surface area contributed by atoms with Crippen LogP contribution in [0.1, 0.15) is 66.2 Å². The van der Waals surface area contributed by atoms with Gasteiger partial charge in [-0.3, -0.25) is 14.2 Å². The van der Waals surface area contributed by atoms with Crippen molar-refractivity contribution in [1.82, 2.24) is 40.2 Å². The summed E-state index contributed by atoms with van der Waals surface area (Å²) < 4.78 is 14.9. The van der Waals surface area contributed by atoms with E-state index in [9.17, 15) is 9.59 Å². The van der Waals surface area contributed by atoms with Gasteiger partial charge in [0.05, 0.1) is 14.2 Å². The Labute approximate surface area is 391 Å². The molecule has 0 aliphatic heterocycles. The number of para-hydroxylation sites is 2. The average Bonchev–Trinajstić information content (AvgIpc) is 3.93. The summed E-state index contributed by atoms with van der Waals surface area (Å²) in [4.78, 5) is 25.0. The van der Waals surface area contributed by atoms with Crippen molar-refractivity contribution >= 4 is 35.3 Å². The number of aromatic nitrogens is 6. The highest BCUT2D eigenvalue weighted by atomic mass is 32.2. The Morgan fingerprint density at radius 3 is 1.57 bits per heavy atom. The van der Waals surface area contributed by atoms with Crippen molar-refractivity contribution in [3.63, 3.8) is 0 Å². The zero-order chi connectivity index (χ0) is 45.8. The number of nitrogens with one attached hydrogen (secondary N) is 2. The molecule has 12 nitrogen and oxygen atoms in total. The van der Waals surface area contributed by atoms with Crippen LogP contribution in [0.4, 0.5) is 0 Å². The van der Waals surface area contributed by atoms with Crippen LogP contribution < -0.4 is 20.1 Å². The zero-order valence-electron chi connectivity index (χ0n) is 37.8. The lowest BCUT2D eigenvalue weighted by Gasteiger charge is -2.13. The quantitative estimate of drug-likeness (QED) is 0.0671. The zero-order valence-corrected chi connectivity index (χ0v) is 39.4. The van der Waals surface area contributed by atoms with E-state index in [1.807, 2.05) is 84.9 Å². The Bertz CT molecular complexity index is 2550. The summed E-state index contributed by atoms with van der Waals surface area (Å²) in [5.74, 6) is 5.22. The number of hydrogen-bond acceptors (Lipinski definition) is 10. The molecule has 7 rings (SSSR count). The van der Waals surface area contributed by atoms with Crippen LogP contribution >= 0.6 is 23.5 Å². The van der Waals surface area contributed by atoms with Gasteiger partial charge in [0.1, 0.15) is 23.1 Å². The smallest absolute Gasteiger partial charge is 0.220 e. The Kier molecular flexibility index (Phi) is 18.6. The van der Waals surface area contributed by atoms with Gasteiger partial charge in [-0.15, -0.1) is 20.4 Å². The van der Waals surface area contributed by atoms with Crippen LogP contribution in [-0.4, -0.2) is 55.6 Å². The van der Waals surface area contributed by atoms with E-state index in [1.54, 1.807) is 37.7 Å². The van der Waals surface area contributed by atoms with Crippen LogP contribution in [0.25, 0.3) is 5.69 Å². The van der Waals surface area contributed by atoms with E-state index < -0.39 is 0 Å². The Balaban J connectivity index is 0.000000216. The van der Waals surface area contributed by atoms with Gasteiger partial charge in [0, 0.05) is 73.6 Å². The van der Waals surface area contributed by atoms with Crippen molar-refractivity contribution in [3.05, 3.63) is 173 Å². The van der Waals surface area contributed by atoms with Crippen LogP contribution in [0.15, 0.2) is 144 Å². The molecular weight excluding hydrogens is 853 g/mol. The first kappa shape index (κ1) is 48.1. The van der Waals surface area contributed by atoms with Crippen molar-refractivity contribution in [3.8, 4) is 17.2 Å². The third-order valence-electron chi connectivity index (χ3n) is 10.2. The normalized spacial score (nSPS) is 10.9. The standard InChI is InChI=1S/C27H28N4O2S.C24H30N4O2S/c1-20-12-14-23(15-13-20)31-25(29-30-27(31)34-19-21-8-4-3-5-9-21)16-17-26(32)28-18-22-10-6-7-11-24(22)33-2;1-18(2)16-28-22(26-27-24(28)31-17-19-9-5-4-6-10-19)13-14-23(29)25-15-20-11-7-8-12-21(20)30-3/h3-15H,16-19H2,1-2H3,(H,28,32);4-12,18H,13-17H2,1-3H3,(H,25,29). The van der Waals surface area contributed by atoms with Crippen LogP contribution in [-0.2, 0) is 53.6 Å². The average molecular weight is 911 g/mol. The monoisotopic (exact) mass is 910 g/mol. The van der Waals surface area contributed by atoms with Crippen molar-refractivity contribution in [1.29, 1.82) is 0 Å². The molecule has 2 N–H and O–H groups in total. The molecule has 0 atom stereocenters. The molecule has 0 radical (unpaired) electrons.